The lowest BCUT2D eigenvalue weighted by Crippen LogP contribution is -2.21. The van der Waals surface area contributed by atoms with Gasteiger partial charge in [0, 0.05) is 0 Å². The molecule has 0 amide bonds. The van der Waals surface area contributed by atoms with Crippen LogP contribution >= 0.6 is 0 Å². The Bertz CT molecular complexity index is 1470. The lowest BCUT2D eigenvalue weighted by atomic mass is 9.72. The Hall–Kier alpha value is -2.86. The van der Waals surface area contributed by atoms with Gasteiger partial charge < -0.3 is 0 Å². The molecule has 0 nitrogen and oxygen atoms in total. The fraction of sp³-hybridized carbons (Fsp3) is 0.371. The van der Waals surface area contributed by atoms with Crippen LogP contribution in [0.5, 0.6) is 0 Å². The second-order valence-electron chi connectivity index (χ2n) is 12.1. The van der Waals surface area contributed by atoms with E-state index in [1.54, 1.807) is 0 Å². The maximum atomic E-state index is 2.54. The number of benzene rings is 5. The normalized spacial score (nSPS) is 12.9. The van der Waals surface area contributed by atoms with Crippen LogP contribution in [0.15, 0.2) is 54.6 Å². The lowest BCUT2D eigenvalue weighted by Gasteiger charge is -2.32. The molecule has 0 heteroatoms. The predicted octanol–water partition coefficient (Wildman–Crippen LogP) is 10.6. The van der Waals surface area contributed by atoms with E-state index in [0.717, 1.165) is 12.8 Å². The van der Waals surface area contributed by atoms with Gasteiger partial charge in [0.2, 0.25) is 0 Å². The van der Waals surface area contributed by atoms with E-state index in [1.165, 1.54) is 71.3 Å². The van der Waals surface area contributed by atoms with Crippen molar-refractivity contribution in [2.24, 2.45) is 0 Å². The van der Waals surface area contributed by atoms with Gasteiger partial charge in [0.05, 0.1) is 0 Å². The molecule has 0 radical (unpaired) electrons. The predicted molar refractivity (Wildman–Crippen MR) is 156 cm³/mol. The summed E-state index contributed by atoms with van der Waals surface area (Å²) in [4.78, 5) is 0. The molecule has 0 heterocycles. The van der Waals surface area contributed by atoms with Gasteiger partial charge in [-0.1, -0.05) is 89.6 Å². The molecule has 0 spiro atoms. The summed E-state index contributed by atoms with van der Waals surface area (Å²) in [5.74, 6) is 0. The number of rotatable bonds is 5. The summed E-state index contributed by atoms with van der Waals surface area (Å²) in [6, 6.07) is 21.5. The molecule has 0 aliphatic rings. The van der Waals surface area contributed by atoms with E-state index >= 15 is 0 Å². The molecule has 0 aliphatic heterocycles. The smallest absolute Gasteiger partial charge is 0.00208 e. The van der Waals surface area contributed by atoms with Gasteiger partial charge in [-0.25, -0.2) is 0 Å². The maximum absolute atomic E-state index is 2.54. The molecular weight excluding hydrogens is 420 g/mol. The van der Waals surface area contributed by atoms with Gasteiger partial charge in [0.25, 0.3) is 0 Å². The summed E-state index contributed by atoms with van der Waals surface area (Å²) >= 11 is 0. The van der Waals surface area contributed by atoms with Crippen molar-refractivity contribution in [3.63, 3.8) is 0 Å². The molecule has 35 heavy (non-hydrogen) atoms. The number of hydrogen-bond acceptors (Lipinski definition) is 0. The van der Waals surface area contributed by atoms with Gasteiger partial charge in [-0.2, -0.15) is 0 Å². The van der Waals surface area contributed by atoms with E-state index in [2.05, 4.69) is 117 Å². The summed E-state index contributed by atoms with van der Waals surface area (Å²) in [6.07, 6.45) is 2.25. The molecule has 0 N–H and O–H groups in total. The molecule has 0 saturated heterocycles. The van der Waals surface area contributed by atoms with E-state index in [9.17, 15) is 0 Å². The van der Waals surface area contributed by atoms with Crippen molar-refractivity contribution in [3.05, 3.63) is 82.4 Å². The van der Waals surface area contributed by atoms with Gasteiger partial charge in [0.1, 0.15) is 0 Å². The van der Waals surface area contributed by atoms with Gasteiger partial charge in [-0.15, -0.1) is 0 Å². The van der Waals surface area contributed by atoms with Crippen molar-refractivity contribution in [2.75, 3.05) is 0 Å². The molecule has 0 aliphatic carbocycles. The first-order valence-corrected chi connectivity index (χ1v) is 13.3. The maximum Gasteiger partial charge on any atom is -0.00208 e. The summed E-state index contributed by atoms with van der Waals surface area (Å²) < 4.78 is 0. The average Bonchev–Trinajstić information content (AvgIpc) is 2.81. The highest BCUT2D eigenvalue weighted by Gasteiger charge is 2.29. The van der Waals surface area contributed by atoms with Crippen molar-refractivity contribution in [1.82, 2.24) is 0 Å². The van der Waals surface area contributed by atoms with Gasteiger partial charge in [-0.3, -0.25) is 0 Å². The van der Waals surface area contributed by atoms with Crippen LogP contribution in [-0.4, -0.2) is 0 Å². The molecule has 5 aromatic rings. The van der Waals surface area contributed by atoms with Crippen LogP contribution in [0.4, 0.5) is 0 Å². The summed E-state index contributed by atoms with van der Waals surface area (Å²) in [5, 5.41) is 8.43. The Balaban J connectivity index is 1.92. The number of aryl methyl sites for hydroxylation is 3. The lowest BCUT2D eigenvalue weighted by molar-refractivity contribution is 0.494. The third kappa shape index (κ3) is 3.65. The fourth-order valence-electron chi connectivity index (χ4n) is 6.20. The Kier molecular flexibility index (Phi) is 5.51. The van der Waals surface area contributed by atoms with E-state index in [4.69, 9.17) is 0 Å². The SMILES string of the molecule is CCC(C)(C)c1cc(C(C)(C)CC)c2ccc3cc(-c4c(C)cc(C)cc4C)cc4ccc1c2c43. The van der Waals surface area contributed by atoms with Crippen molar-refractivity contribution in [3.8, 4) is 11.1 Å². The Morgan fingerprint density at radius 3 is 1.46 bits per heavy atom. The molecule has 5 aromatic carbocycles. The highest BCUT2D eigenvalue weighted by molar-refractivity contribution is 6.25. The minimum Gasteiger partial charge on any atom is -0.0646 e. The molecule has 180 valence electrons. The van der Waals surface area contributed by atoms with E-state index in [0.29, 0.717) is 0 Å². The van der Waals surface area contributed by atoms with Crippen LogP contribution in [0.1, 0.15) is 82.2 Å². The zero-order valence-corrected chi connectivity index (χ0v) is 23.1. The van der Waals surface area contributed by atoms with Crippen LogP contribution in [-0.2, 0) is 10.8 Å². The van der Waals surface area contributed by atoms with Crippen molar-refractivity contribution in [1.29, 1.82) is 0 Å². The fourth-order valence-corrected chi connectivity index (χ4v) is 6.20. The Morgan fingerprint density at radius 1 is 0.571 bits per heavy atom. The third-order valence-electron chi connectivity index (χ3n) is 8.91. The monoisotopic (exact) mass is 460 g/mol. The molecule has 0 unspecified atom stereocenters. The molecule has 0 aromatic heterocycles. The van der Waals surface area contributed by atoms with Gasteiger partial charge in [-0.05, 0) is 122 Å². The van der Waals surface area contributed by atoms with Crippen LogP contribution in [0.3, 0.4) is 0 Å². The van der Waals surface area contributed by atoms with Crippen molar-refractivity contribution < 1.29 is 0 Å². The highest BCUT2D eigenvalue weighted by Crippen LogP contribution is 2.46. The van der Waals surface area contributed by atoms with Crippen LogP contribution in [0.2, 0.25) is 0 Å². The molecule has 0 bridgehead atoms. The van der Waals surface area contributed by atoms with Crippen molar-refractivity contribution in [2.45, 2.75) is 86.0 Å². The molecule has 0 saturated carbocycles. The summed E-state index contributed by atoms with van der Waals surface area (Å²) in [7, 11) is 0. The topological polar surface area (TPSA) is 0 Å². The van der Waals surface area contributed by atoms with Crippen LogP contribution in [0.25, 0.3) is 43.4 Å². The van der Waals surface area contributed by atoms with E-state index < -0.39 is 0 Å². The second-order valence-corrected chi connectivity index (χ2v) is 12.1. The first kappa shape index (κ1) is 23.9. The minimum atomic E-state index is 0.127. The second kappa shape index (κ2) is 8.09. The van der Waals surface area contributed by atoms with E-state index in [1.807, 2.05) is 0 Å². The Labute approximate surface area is 211 Å². The minimum absolute atomic E-state index is 0.127. The number of hydrogen-bond donors (Lipinski definition) is 0. The first-order valence-electron chi connectivity index (χ1n) is 13.3. The third-order valence-corrected chi connectivity index (χ3v) is 8.91. The molecular formula is C35H40. The first-order chi connectivity index (χ1) is 16.5. The summed E-state index contributed by atoms with van der Waals surface area (Å²) in [6.45, 7) is 20.9. The van der Waals surface area contributed by atoms with Crippen LogP contribution in [0, 0.1) is 20.8 Å². The largest absolute Gasteiger partial charge is 0.0646 e. The quantitative estimate of drug-likeness (QED) is 0.229. The zero-order valence-electron chi connectivity index (χ0n) is 23.1. The Morgan fingerprint density at radius 2 is 1.03 bits per heavy atom. The van der Waals surface area contributed by atoms with E-state index in [-0.39, 0.29) is 10.8 Å². The zero-order chi connectivity index (χ0) is 25.3. The van der Waals surface area contributed by atoms with Crippen LogP contribution < -0.4 is 0 Å². The summed E-state index contributed by atoms with van der Waals surface area (Å²) in [5.41, 5.74) is 9.99. The van der Waals surface area contributed by atoms with Gasteiger partial charge in [0.15, 0.2) is 0 Å². The molecule has 0 fully saturated rings. The molecule has 0 atom stereocenters. The average molecular weight is 461 g/mol. The highest BCUT2D eigenvalue weighted by atomic mass is 14.3. The van der Waals surface area contributed by atoms with Crippen molar-refractivity contribution >= 4 is 32.3 Å². The molecule has 5 rings (SSSR count). The standard InChI is InChI=1S/C35H40/c1-10-34(6,7)29-20-30(35(8,9)11-2)28-15-13-25-19-26(31-22(4)16-21(3)17-23(31)5)18-24-12-14-27(29)33(28)32(24)25/h12-20H,10-11H2,1-9H3. The van der Waals surface area contributed by atoms with Gasteiger partial charge >= 0.3 is 0 Å².